The lowest BCUT2D eigenvalue weighted by Crippen LogP contribution is -2.17. The van der Waals surface area contributed by atoms with Gasteiger partial charge in [-0.05, 0) is 42.8 Å². The molecule has 0 aromatic heterocycles. The smallest absolute Gasteiger partial charge is 0.255 e. The number of anilines is 1. The second kappa shape index (κ2) is 8.94. The number of amides is 1. The van der Waals surface area contributed by atoms with E-state index in [2.05, 4.69) is 10.1 Å². The van der Waals surface area contributed by atoms with E-state index >= 15 is 0 Å². The molecule has 1 N–H and O–H groups in total. The average molecular weight is 363 g/mol. The molecule has 2 aromatic rings. The molecule has 0 aliphatic rings. The summed E-state index contributed by atoms with van der Waals surface area (Å²) in [5.74, 6) is -2.93. The number of hydrogen-bond acceptors (Lipinski definition) is 4. The summed E-state index contributed by atoms with van der Waals surface area (Å²) < 4.78 is 37.5. The number of halogens is 2. The van der Waals surface area contributed by atoms with Crippen LogP contribution in [0.15, 0.2) is 41.2 Å². The van der Waals surface area contributed by atoms with E-state index in [1.54, 1.807) is 6.07 Å². The van der Waals surface area contributed by atoms with E-state index in [0.29, 0.717) is 12.4 Å². The van der Waals surface area contributed by atoms with Crippen molar-refractivity contribution in [3.63, 3.8) is 0 Å². The van der Waals surface area contributed by atoms with Gasteiger partial charge in [0, 0.05) is 5.56 Å². The molecule has 2 aromatic carbocycles. The fraction of sp³-hybridized carbons (Fsp3) is 0.263. The van der Waals surface area contributed by atoms with Crippen molar-refractivity contribution in [2.75, 3.05) is 19.0 Å². The maximum atomic E-state index is 13.7. The molecule has 5 nitrogen and oxygen atoms in total. The number of ether oxygens (including phenoxy) is 2. The SMILES string of the molecule is CCCCOc1ccc(NC(=O)c2cc(F)c(OC)c(F)c2)c(=O)cc1. The van der Waals surface area contributed by atoms with Crippen LogP contribution in [0.2, 0.25) is 0 Å². The van der Waals surface area contributed by atoms with Crippen molar-refractivity contribution in [2.24, 2.45) is 0 Å². The van der Waals surface area contributed by atoms with E-state index in [1.807, 2.05) is 6.92 Å². The number of benzene rings is 1. The van der Waals surface area contributed by atoms with Gasteiger partial charge in [-0.2, -0.15) is 0 Å². The highest BCUT2D eigenvalue weighted by molar-refractivity contribution is 6.04. The summed E-state index contributed by atoms with van der Waals surface area (Å²) in [5.41, 5.74) is -0.763. The number of hydrogen-bond donors (Lipinski definition) is 1. The van der Waals surface area contributed by atoms with Crippen LogP contribution in [0.25, 0.3) is 0 Å². The minimum Gasteiger partial charge on any atom is -0.494 e. The van der Waals surface area contributed by atoms with E-state index in [9.17, 15) is 18.4 Å². The Bertz CT molecular complexity index is 832. The second-order valence-corrected chi connectivity index (χ2v) is 5.48. The second-order valence-electron chi connectivity index (χ2n) is 5.48. The molecular weight excluding hydrogens is 344 g/mol. The molecule has 0 saturated heterocycles. The van der Waals surface area contributed by atoms with Crippen molar-refractivity contribution in [1.29, 1.82) is 0 Å². The number of nitrogens with one attached hydrogen (secondary N) is 1. The zero-order valence-corrected chi connectivity index (χ0v) is 14.5. The molecule has 0 aliphatic carbocycles. The quantitative estimate of drug-likeness (QED) is 0.761. The van der Waals surface area contributed by atoms with Gasteiger partial charge in [-0.3, -0.25) is 9.59 Å². The first-order valence-corrected chi connectivity index (χ1v) is 8.07. The van der Waals surface area contributed by atoms with Gasteiger partial charge in [0.1, 0.15) is 5.75 Å². The van der Waals surface area contributed by atoms with Gasteiger partial charge < -0.3 is 14.8 Å². The largest absolute Gasteiger partial charge is 0.494 e. The third-order valence-electron chi connectivity index (χ3n) is 3.56. The van der Waals surface area contributed by atoms with Gasteiger partial charge in [0.25, 0.3) is 5.91 Å². The van der Waals surface area contributed by atoms with Gasteiger partial charge in [-0.15, -0.1) is 0 Å². The molecule has 138 valence electrons. The van der Waals surface area contributed by atoms with Crippen molar-refractivity contribution in [2.45, 2.75) is 19.8 Å². The molecule has 0 saturated carbocycles. The molecule has 0 heterocycles. The van der Waals surface area contributed by atoms with Gasteiger partial charge in [-0.1, -0.05) is 13.3 Å². The molecule has 0 atom stereocenters. The average Bonchev–Trinajstić information content (AvgIpc) is 2.77. The minimum absolute atomic E-state index is 0.0306. The van der Waals surface area contributed by atoms with Crippen LogP contribution >= 0.6 is 0 Å². The summed E-state index contributed by atoms with van der Waals surface area (Å²) in [6.45, 7) is 2.55. The Hall–Kier alpha value is -2.96. The third-order valence-corrected chi connectivity index (χ3v) is 3.56. The molecular formula is C19H19F2NO4. The Morgan fingerprint density at radius 2 is 1.77 bits per heavy atom. The zero-order chi connectivity index (χ0) is 19.1. The number of carbonyl (C=O) groups is 1. The molecule has 0 bridgehead atoms. The first-order chi connectivity index (χ1) is 12.5. The summed E-state index contributed by atoms with van der Waals surface area (Å²) in [5, 5.41) is 2.35. The van der Waals surface area contributed by atoms with Gasteiger partial charge in [-0.25, -0.2) is 8.78 Å². The molecule has 0 fully saturated rings. The molecule has 0 aliphatic heterocycles. The monoisotopic (exact) mass is 363 g/mol. The zero-order valence-electron chi connectivity index (χ0n) is 14.5. The van der Waals surface area contributed by atoms with Crippen LogP contribution in [0, 0.1) is 11.6 Å². The van der Waals surface area contributed by atoms with E-state index in [1.165, 1.54) is 18.2 Å². The summed E-state index contributed by atoms with van der Waals surface area (Å²) in [7, 11) is 1.12. The topological polar surface area (TPSA) is 64.6 Å². The van der Waals surface area contributed by atoms with Crippen LogP contribution in [0.4, 0.5) is 14.5 Å². The van der Waals surface area contributed by atoms with Crippen LogP contribution in [-0.4, -0.2) is 19.6 Å². The van der Waals surface area contributed by atoms with Crippen LogP contribution in [0.5, 0.6) is 11.5 Å². The summed E-state index contributed by atoms with van der Waals surface area (Å²) >= 11 is 0. The van der Waals surface area contributed by atoms with Crippen LogP contribution in [0.1, 0.15) is 30.1 Å². The molecule has 7 heteroatoms. The first-order valence-electron chi connectivity index (χ1n) is 8.07. The minimum atomic E-state index is -1.01. The maximum Gasteiger partial charge on any atom is 0.255 e. The molecule has 2 rings (SSSR count). The highest BCUT2D eigenvalue weighted by Crippen LogP contribution is 2.23. The van der Waals surface area contributed by atoms with E-state index < -0.39 is 28.7 Å². The Morgan fingerprint density at radius 3 is 2.38 bits per heavy atom. The lowest BCUT2D eigenvalue weighted by atomic mass is 10.2. The van der Waals surface area contributed by atoms with Gasteiger partial charge in [0.05, 0.1) is 19.4 Å². The van der Waals surface area contributed by atoms with Crippen molar-refractivity contribution < 1.29 is 23.0 Å². The molecule has 26 heavy (non-hydrogen) atoms. The Labute approximate surface area is 149 Å². The summed E-state index contributed by atoms with van der Waals surface area (Å²) in [4.78, 5) is 24.3. The lowest BCUT2D eigenvalue weighted by Gasteiger charge is -2.07. The Balaban J connectivity index is 2.21. The predicted molar refractivity (Wildman–Crippen MR) is 94.0 cm³/mol. The van der Waals surface area contributed by atoms with Crippen molar-refractivity contribution in [1.82, 2.24) is 0 Å². The maximum absolute atomic E-state index is 13.7. The third kappa shape index (κ3) is 4.78. The van der Waals surface area contributed by atoms with E-state index in [-0.39, 0.29) is 11.3 Å². The normalized spacial score (nSPS) is 10.3. The number of carbonyl (C=O) groups excluding carboxylic acids is 1. The fourth-order valence-corrected chi connectivity index (χ4v) is 2.17. The number of unbranched alkanes of at least 4 members (excludes halogenated alkanes) is 1. The first kappa shape index (κ1) is 19.4. The predicted octanol–water partition coefficient (Wildman–Crippen LogP) is 3.76. The van der Waals surface area contributed by atoms with Gasteiger partial charge in [0.15, 0.2) is 17.4 Å². The molecule has 0 radical (unpaired) electrons. The van der Waals surface area contributed by atoms with Crippen LogP contribution < -0.4 is 20.2 Å². The molecule has 0 unspecified atom stereocenters. The van der Waals surface area contributed by atoms with Crippen molar-refractivity contribution in [3.05, 3.63) is 63.8 Å². The van der Waals surface area contributed by atoms with Crippen LogP contribution in [0.3, 0.4) is 0 Å². The Morgan fingerprint density at radius 1 is 1.12 bits per heavy atom. The van der Waals surface area contributed by atoms with Crippen molar-refractivity contribution in [3.8, 4) is 11.5 Å². The van der Waals surface area contributed by atoms with E-state index in [4.69, 9.17) is 4.74 Å². The molecule has 0 spiro atoms. The van der Waals surface area contributed by atoms with Gasteiger partial charge >= 0.3 is 0 Å². The Kier molecular flexibility index (Phi) is 6.66. The fourth-order valence-electron chi connectivity index (χ4n) is 2.17. The van der Waals surface area contributed by atoms with Crippen molar-refractivity contribution >= 4 is 11.6 Å². The standard InChI is InChI=1S/C19H19F2NO4/c1-3-4-9-26-13-5-7-16(17(23)8-6-13)22-19(24)12-10-14(20)18(25-2)15(21)11-12/h5-8,10-11H,3-4,9H2,1-2H3,(H,22,23,24). The summed E-state index contributed by atoms with van der Waals surface area (Å²) in [6, 6.07) is 7.36. The highest BCUT2D eigenvalue weighted by Gasteiger charge is 2.16. The van der Waals surface area contributed by atoms with Gasteiger partial charge in [0.2, 0.25) is 5.43 Å². The number of rotatable bonds is 7. The summed E-state index contributed by atoms with van der Waals surface area (Å²) in [6.07, 6.45) is 1.85. The lowest BCUT2D eigenvalue weighted by molar-refractivity contribution is 0.102. The number of methoxy groups -OCH3 is 1. The van der Waals surface area contributed by atoms with E-state index in [0.717, 1.165) is 32.1 Å². The van der Waals surface area contributed by atoms with Crippen LogP contribution in [-0.2, 0) is 0 Å². The highest BCUT2D eigenvalue weighted by atomic mass is 19.1. The molecule has 1 amide bonds.